The van der Waals surface area contributed by atoms with Crippen molar-refractivity contribution in [2.75, 3.05) is 6.61 Å². The summed E-state index contributed by atoms with van der Waals surface area (Å²) in [4.78, 5) is 12.6. The molecule has 1 aliphatic rings. The average molecular weight is 367 g/mol. The topological polar surface area (TPSA) is 64.3 Å². The summed E-state index contributed by atoms with van der Waals surface area (Å²) in [5, 5.41) is 3.08. The summed E-state index contributed by atoms with van der Waals surface area (Å²) in [6, 6.07) is 18.7. The van der Waals surface area contributed by atoms with E-state index in [0.717, 1.165) is 31.2 Å². The summed E-state index contributed by atoms with van der Waals surface area (Å²) in [5.74, 6) is 0.106. The predicted octanol–water partition coefficient (Wildman–Crippen LogP) is 3.89. The van der Waals surface area contributed by atoms with Crippen molar-refractivity contribution in [3.8, 4) is 11.1 Å². The maximum Gasteiger partial charge on any atom is 0.223 e. The molecule has 3 N–H and O–H groups in total. The molecule has 27 heavy (non-hydrogen) atoms. The van der Waals surface area contributed by atoms with Crippen LogP contribution in [-0.2, 0) is 16.1 Å². The molecule has 0 heterocycles. The fourth-order valence-corrected chi connectivity index (χ4v) is 3.63. The molecule has 1 saturated carbocycles. The average Bonchev–Trinajstić information content (AvgIpc) is 2.72. The number of hydrogen-bond donors (Lipinski definition) is 2. The number of carbonyl (C=O) groups excluding carboxylic acids is 1. The van der Waals surface area contributed by atoms with E-state index < -0.39 is 0 Å². The van der Waals surface area contributed by atoms with E-state index in [9.17, 15) is 4.79 Å². The van der Waals surface area contributed by atoms with Crippen molar-refractivity contribution in [3.05, 3.63) is 60.2 Å². The van der Waals surface area contributed by atoms with Gasteiger partial charge in [-0.2, -0.15) is 0 Å². The van der Waals surface area contributed by atoms with Gasteiger partial charge in [0.15, 0.2) is 0 Å². The SMILES string of the molecule is CCCO[C@H]1C[C@@H](C(=O)NCc2ccc(-c3ccccc3)cc2)CC[C@@H]1N. The van der Waals surface area contributed by atoms with Gasteiger partial charge in [-0.15, -0.1) is 0 Å². The maximum atomic E-state index is 12.6. The summed E-state index contributed by atoms with van der Waals surface area (Å²) in [6.07, 6.45) is 3.38. The first-order chi connectivity index (χ1) is 13.2. The van der Waals surface area contributed by atoms with Crippen LogP contribution in [0.5, 0.6) is 0 Å². The molecule has 0 saturated heterocycles. The second kappa shape index (κ2) is 9.67. The molecule has 0 bridgehead atoms. The molecular weight excluding hydrogens is 336 g/mol. The van der Waals surface area contributed by atoms with Gasteiger partial charge in [-0.05, 0) is 42.4 Å². The Morgan fingerprint density at radius 2 is 1.78 bits per heavy atom. The Bertz CT molecular complexity index is 715. The summed E-state index contributed by atoms with van der Waals surface area (Å²) < 4.78 is 5.84. The molecule has 4 nitrogen and oxygen atoms in total. The molecule has 0 spiro atoms. The van der Waals surface area contributed by atoms with Gasteiger partial charge in [0.1, 0.15) is 0 Å². The second-order valence-corrected chi connectivity index (χ2v) is 7.36. The molecular formula is C23H30N2O2. The van der Waals surface area contributed by atoms with Gasteiger partial charge in [0.25, 0.3) is 0 Å². The van der Waals surface area contributed by atoms with E-state index >= 15 is 0 Å². The molecule has 4 heteroatoms. The van der Waals surface area contributed by atoms with E-state index in [2.05, 4.69) is 48.6 Å². The fourth-order valence-electron chi connectivity index (χ4n) is 3.63. The smallest absolute Gasteiger partial charge is 0.223 e. The summed E-state index contributed by atoms with van der Waals surface area (Å²) >= 11 is 0. The highest BCUT2D eigenvalue weighted by atomic mass is 16.5. The van der Waals surface area contributed by atoms with Gasteiger partial charge in [0.05, 0.1) is 6.10 Å². The molecule has 0 aliphatic heterocycles. The van der Waals surface area contributed by atoms with Crippen molar-refractivity contribution in [3.63, 3.8) is 0 Å². The molecule has 0 unspecified atom stereocenters. The molecule has 2 aromatic carbocycles. The number of hydrogen-bond acceptors (Lipinski definition) is 3. The molecule has 3 rings (SSSR count). The Kier molecular flexibility index (Phi) is 7.02. The van der Waals surface area contributed by atoms with Crippen molar-refractivity contribution in [2.45, 2.75) is 51.3 Å². The van der Waals surface area contributed by atoms with Gasteiger partial charge in [-0.25, -0.2) is 0 Å². The first kappa shape index (κ1) is 19.6. The van der Waals surface area contributed by atoms with E-state index in [1.807, 2.05) is 18.2 Å². The molecule has 3 atom stereocenters. The van der Waals surface area contributed by atoms with Crippen LogP contribution in [0.25, 0.3) is 11.1 Å². The van der Waals surface area contributed by atoms with Gasteiger partial charge in [0, 0.05) is 25.1 Å². The lowest BCUT2D eigenvalue weighted by molar-refractivity contribution is -0.128. The van der Waals surface area contributed by atoms with Gasteiger partial charge >= 0.3 is 0 Å². The minimum absolute atomic E-state index is 0.000365. The quantitative estimate of drug-likeness (QED) is 0.781. The lowest BCUT2D eigenvalue weighted by Crippen LogP contribution is -2.45. The van der Waals surface area contributed by atoms with Gasteiger partial charge in [0.2, 0.25) is 5.91 Å². The number of nitrogens with one attached hydrogen (secondary N) is 1. The van der Waals surface area contributed by atoms with E-state index in [4.69, 9.17) is 10.5 Å². The molecule has 1 amide bonds. The number of nitrogens with two attached hydrogens (primary N) is 1. The van der Waals surface area contributed by atoms with E-state index in [1.54, 1.807) is 0 Å². The minimum Gasteiger partial charge on any atom is -0.377 e. The predicted molar refractivity (Wildman–Crippen MR) is 109 cm³/mol. The summed E-state index contributed by atoms with van der Waals surface area (Å²) in [6.45, 7) is 3.35. The van der Waals surface area contributed by atoms with E-state index in [1.165, 1.54) is 11.1 Å². The summed E-state index contributed by atoms with van der Waals surface area (Å²) in [5.41, 5.74) is 9.64. The van der Waals surface area contributed by atoms with E-state index in [-0.39, 0.29) is 24.0 Å². The van der Waals surface area contributed by atoms with Crippen LogP contribution in [0.4, 0.5) is 0 Å². The Morgan fingerprint density at radius 3 is 2.48 bits per heavy atom. The zero-order chi connectivity index (χ0) is 19.1. The van der Waals surface area contributed by atoms with Crippen LogP contribution in [0, 0.1) is 5.92 Å². The number of benzene rings is 2. The van der Waals surface area contributed by atoms with Crippen molar-refractivity contribution in [2.24, 2.45) is 11.7 Å². The third-order valence-corrected chi connectivity index (χ3v) is 5.28. The molecule has 144 valence electrons. The first-order valence-corrected chi connectivity index (χ1v) is 9.96. The van der Waals surface area contributed by atoms with Gasteiger partial charge in [-0.1, -0.05) is 61.5 Å². The largest absolute Gasteiger partial charge is 0.377 e. The highest BCUT2D eigenvalue weighted by Crippen LogP contribution is 2.26. The van der Waals surface area contributed by atoms with Gasteiger partial charge in [-0.3, -0.25) is 4.79 Å². The normalized spacial score (nSPS) is 22.4. The van der Waals surface area contributed by atoms with Crippen molar-refractivity contribution >= 4 is 5.91 Å². The van der Waals surface area contributed by atoms with Crippen molar-refractivity contribution in [1.29, 1.82) is 0 Å². The van der Waals surface area contributed by atoms with Crippen LogP contribution in [-0.4, -0.2) is 24.7 Å². The lowest BCUT2D eigenvalue weighted by atomic mass is 9.83. The molecule has 0 aromatic heterocycles. The lowest BCUT2D eigenvalue weighted by Gasteiger charge is -2.33. The molecule has 1 fully saturated rings. The zero-order valence-corrected chi connectivity index (χ0v) is 16.1. The van der Waals surface area contributed by atoms with Crippen molar-refractivity contribution < 1.29 is 9.53 Å². The number of amides is 1. The van der Waals surface area contributed by atoms with Crippen molar-refractivity contribution in [1.82, 2.24) is 5.32 Å². The highest BCUT2D eigenvalue weighted by molar-refractivity contribution is 5.78. The monoisotopic (exact) mass is 366 g/mol. The number of rotatable bonds is 7. The van der Waals surface area contributed by atoms with Gasteiger partial charge < -0.3 is 15.8 Å². The number of ether oxygens (including phenoxy) is 1. The van der Waals surface area contributed by atoms with Crippen LogP contribution >= 0.6 is 0 Å². The second-order valence-electron chi connectivity index (χ2n) is 7.36. The minimum atomic E-state index is -0.00440. The third-order valence-electron chi connectivity index (χ3n) is 5.28. The van der Waals surface area contributed by atoms with Crippen LogP contribution in [0.15, 0.2) is 54.6 Å². The summed E-state index contributed by atoms with van der Waals surface area (Å²) in [7, 11) is 0. The fraction of sp³-hybridized carbons (Fsp3) is 0.435. The van der Waals surface area contributed by atoms with Crippen LogP contribution in [0.2, 0.25) is 0 Å². The molecule has 0 radical (unpaired) electrons. The van der Waals surface area contributed by atoms with E-state index in [0.29, 0.717) is 13.2 Å². The Morgan fingerprint density at radius 1 is 1.07 bits per heavy atom. The Balaban J connectivity index is 1.51. The molecule has 2 aromatic rings. The zero-order valence-electron chi connectivity index (χ0n) is 16.1. The Labute approximate surface area is 162 Å². The van der Waals surface area contributed by atoms with Crippen LogP contribution in [0.3, 0.4) is 0 Å². The third kappa shape index (κ3) is 5.41. The number of carbonyl (C=O) groups is 1. The van der Waals surface area contributed by atoms with Crippen LogP contribution in [0.1, 0.15) is 38.2 Å². The highest BCUT2D eigenvalue weighted by Gasteiger charge is 2.32. The Hall–Kier alpha value is -2.17. The van der Waals surface area contributed by atoms with Crippen LogP contribution < -0.4 is 11.1 Å². The maximum absolute atomic E-state index is 12.6. The standard InChI is InChI=1S/C23H30N2O2/c1-2-14-27-22-15-20(12-13-21(22)24)23(26)25-16-17-8-10-19(11-9-17)18-6-4-3-5-7-18/h3-11,20-22H,2,12-16,24H2,1H3,(H,25,26)/t20-,21-,22-/m0/s1. The first-order valence-electron chi connectivity index (χ1n) is 9.96. The molecule has 1 aliphatic carbocycles.